The molecule has 4 rings (SSSR count). The summed E-state index contributed by atoms with van der Waals surface area (Å²) < 4.78 is 51.6. The van der Waals surface area contributed by atoms with Crippen molar-refractivity contribution in [1.29, 1.82) is 0 Å². The Labute approximate surface area is 179 Å². The molecule has 0 bridgehead atoms. The van der Waals surface area contributed by atoms with Crippen molar-refractivity contribution in [2.75, 3.05) is 63.3 Å². The highest BCUT2D eigenvalue weighted by Gasteiger charge is 2.37. The Balaban J connectivity index is 1.47. The fourth-order valence-electron chi connectivity index (χ4n) is 3.45. The zero-order valence-corrected chi connectivity index (χ0v) is 17.6. The molecule has 1 aromatic heterocycles. The van der Waals surface area contributed by atoms with Crippen LogP contribution < -0.4 is 15.0 Å². The number of ether oxygens (including phenoxy) is 2. The van der Waals surface area contributed by atoms with Crippen LogP contribution in [0.15, 0.2) is 30.5 Å². The van der Waals surface area contributed by atoms with E-state index in [4.69, 9.17) is 9.47 Å². The van der Waals surface area contributed by atoms with E-state index in [1.807, 2.05) is 7.05 Å². The fraction of sp³-hybridized carbons (Fsp3) is 0.524. The standard InChI is InChI=1S/C21H26F3N5O2/c1-20(12-30-13-20)14-31-16-5-3-15(4-6-16)26-19-25-11-17(21(22,23)24)18(27-19)29-9-7-28(2)8-10-29/h3-6,11H,7-10,12-14H2,1-2H3,(H,25,26,27). The SMILES string of the molecule is CN1CCN(c2nc(Nc3ccc(OCC4(C)COC4)cc3)ncc2C(F)(F)F)CC1. The minimum absolute atomic E-state index is 0.0463. The van der Waals surface area contributed by atoms with Gasteiger partial charge >= 0.3 is 6.18 Å². The second-order valence-electron chi connectivity index (χ2n) is 8.46. The summed E-state index contributed by atoms with van der Waals surface area (Å²) in [7, 11) is 1.95. The molecule has 0 unspecified atom stereocenters. The van der Waals surface area contributed by atoms with Crippen LogP contribution in [0.1, 0.15) is 12.5 Å². The topological polar surface area (TPSA) is 62.8 Å². The fourth-order valence-corrected chi connectivity index (χ4v) is 3.45. The number of piperazine rings is 1. The molecule has 0 spiro atoms. The molecule has 2 aromatic rings. The predicted molar refractivity (Wildman–Crippen MR) is 111 cm³/mol. The molecule has 0 saturated carbocycles. The van der Waals surface area contributed by atoms with Crippen LogP contribution in [0, 0.1) is 5.41 Å². The summed E-state index contributed by atoms with van der Waals surface area (Å²) >= 11 is 0. The van der Waals surface area contributed by atoms with Gasteiger partial charge in [0.1, 0.15) is 17.1 Å². The Morgan fingerprint density at radius 3 is 2.39 bits per heavy atom. The molecule has 1 aromatic carbocycles. The first-order chi connectivity index (χ1) is 14.7. The lowest BCUT2D eigenvalue weighted by atomic mass is 9.90. The first-order valence-corrected chi connectivity index (χ1v) is 10.2. The first-order valence-electron chi connectivity index (χ1n) is 10.2. The minimum atomic E-state index is -4.52. The summed E-state index contributed by atoms with van der Waals surface area (Å²) in [6, 6.07) is 7.17. The van der Waals surface area contributed by atoms with Gasteiger partial charge in [0.05, 0.1) is 19.8 Å². The number of anilines is 3. The summed E-state index contributed by atoms with van der Waals surface area (Å²) in [5.74, 6) is 0.744. The number of aromatic nitrogens is 2. The lowest BCUT2D eigenvalue weighted by Crippen LogP contribution is -2.45. The molecule has 2 aliphatic heterocycles. The molecule has 0 atom stereocenters. The summed E-state index contributed by atoms with van der Waals surface area (Å²) in [5.41, 5.74) is -0.112. The molecular formula is C21H26F3N5O2. The monoisotopic (exact) mass is 437 g/mol. The van der Waals surface area contributed by atoms with Gasteiger partial charge in [-0.25, -0.2) is 4.98 Å². The Kier molecular flexibility index (Phi) is 5.94. The van der Waals surface area contributed by atoms with E-state index in [2.05, 4.69) is 27.1 Å². The molecule has 2 fully saturated rings. The van der Waals surface area contributed by atoms with E-state index < -0.39 is 11.7 Å². The van der Waals surface area contributed by atoms with E-state index in [1.54, 1.807) is 29.2 Å². The summed E-state index contributed by atoms with van der Waals surface area (Å²) in [6.07, 6.45) is -3.67. The Morgan fingerprint density at radius 2 is 1.81 bits per heavy atom. The van der Waals surface area contributed by atoms with E-state index in [1.165, 1.54) is 0 Å². The first kappa shape index (κ1) is 21.6. The Bertz CT molecular complexity index is 895. The Hall–Kier alpha value is -2.59. The van der Waals surface area contributed by atoms with Crippen molar-refractivity contribution in [1.82, 2.24) is 14.9 Å². The number of hydrogen-bond acceptors (Lipinski definition) is 7. The van der Waals surface area contributed by atoms with Gasteiger partial charge in [0.25, 0.3) is 0 Å². The molecule has 0 aliphatic carbocycles. The van der Waals surface area contributed by atoms with Crippen molar-refractivity contribution in [2.45, 2.75) is 13.1 Å². The number of likely N-dealkylation sites (N-methyl/N-ethyl adjacent to an activating group) is 1. The predicted octanol–water partition coefficient (Wildman–Crippen LogP) is 3.41. The van der Waals surface area contributed by atoms with Gasteiger partial charge in [-0.05, 0) is 31.3 Å². The minimum Gasteiger partial charge on any atom is -0.493 e. The number of nitrogens with one attached hydrogen (secondary N) is 1. The highest BCUT2D eigenvalue weighted by molar-refractivity contribution is 5.58. The molecule has 10 heteroatoms. The van der Waals surface area contributed by atoms with Crippen LogP contribution in [0.4, 0.5) is 30.6 Å². The smallest absolute Gasteiger partial charge is 0.421 e. The molecule has 7 nitrogen and oxygen atoms in total. The number of rotatable bonds is 6. The number of halogens is 3. The van der Waals surface area contributed by atoms with Gasteiger partial charge in [0, 0.05) is 43.5 Å². The van der Waals surface area contributed by atoms with E-state index in [0.717, 1.165) is 6.20 Å². The molecular weight excluding hydrogens is 411 g/mol. The van der Waals surface area contributed by atoms with Crippen molar-refractivity contribution >= 4 is 17.5 Å². The van der Waals surface area contributed by atoms with Crippen LogP contribution in [0.3, 0.4) is 0 Å². The molecule has 3 heterocycles. The lowest BCUT2D eigenvalue weighted by molar-refractivity contribution is -0.137. The van der Waals surface area contributed by atoms with Gasteiger partial charge in [-0.1, -0.05) is 6.92 Å². The van der Waals surface area contributed by atoms with Gasteiger partial charge in [0.15, 0.2) is 0 Å². The molecule has 0 amide bonds. The maximum atomic E-state index is 13.5. The normalized spacial score (nSPS) is 19.1. The number of alkyl halides is 3. The zero-order valence-electron chi connectivity index (χ0n) is 17.6. The lowest BCUT2D eigenvalue weighted by Gasteiger charge is -2.37. The highest BCUT2D eigenvalue weighted by atomic mass is 19.4. The molecule has 0 radical (unpaired) electrons. The Morgan fingerprint density at radius 1 is 1.13 bits per heavy atom. The van der Waals surface area contributed by atoms with Crippen molar-refractivity contribution in [2.24, 2.45) is 5.41 Å². The van der Waals surface area contributed by atoms with Crippen molar-refractivity contribution < 1.29 is 22.6 Å². The average Bonchev–Trinajstić information content (AvgIpc) is 2.71. The molecule has 168 valence electrons. The maximum absolute atomic E-state index is 13.5. The van der Waals surface area contributed by atoms with Crippen LogP contribution in [0.25, 0.3) is 0 Å². The second-order valence-corrected chi connectivity index (χ2v) is 8.46. The summed E-state index contributed by atoms with van der Waals surface area (Å²) in [6.45, 7) is 6.36. The van der Waals surface area contributed by atoms with Crippen LogP contribution >= 0.6 is 0 Å². The third-order valence-corrected chi connectivity index (χ3v) is 5.48. The van der Waals surface area contributed by atoms with E-state index in [0.29, 0.717) is 57.4 Å². The van der Waals surface area contributed by atoms with Gasteiger partial charge in [-0.15, -0.1) is 0 Å². The molecule has 2 saturated heterocycles. The third kappa shape index (κ3) is 5.19. The van der Waals surface area contributed by atoms with Crippen LogP contribution in [0.5, 0.6) is 5.75 Å². The molecule has 2 aliphatic rings. The van der Waals surface area contributed by atoms with E-state index >= 15 is 0 Å². The zero-order chi connectivity index (χ0) is 22.1. The quantitative estimate of drug-likeness (QED) is 0.743. The van der Waals surface area contributed by atoms with Gasteiger partial charge in [0.2, 0.25) is 5.95 Å². The van der Waals surface area contributed by atoms with Gasteiger partial charge < -0.3 is 24.6 Å². The van der Waals surface area contributed by atoms with Crippen LogP contribution in [0.2, 0.25) is 0 Å². The van der Waals surface area contributed by atoms with Crippen LogP contribution in [-0.4, -0.2) is 67.9 Å². The highest BCUT2D eigenvalue weighted by Crippen LogP contribution is 2.36. The van der Waals surface area contributed by atoms with Gasteiger partial charge in [-0.3, -0.25) is 0 Å². The van der Waals surface area contributed by atoms with Crippen LogP contribution in [-0.2, 0) is 10.9 Å². The number of nitrogens with zero attached hydrogens (tertiary/aromatic N) is 4. The third-order valence-electron chi connectivity index (χ3n) is 5.48. The van der Waals surface area contributed by atoms with E-state index in [9.17, 15) is 13.2 Å². The summed E-state index contributed by atoms with van der Waals surface area (Å²) in [4.78, 5) is 11.8. The molecule has 31 heavy (non-hydrogen) atoms. The summed E-state index contributed by atoms with van der Waals surface area (Å²) in [5, 5.41) is 2.99. The van der Waals surface area contributed by atoms with Crippen molar-refractivity contribution in [3.05, 3.63) is 36.0 Å². The number of hydrogen-bond donors (Lipinski definition) is 1. The second kappa shape index (κ2) is 8.51. The average molecular weight is 437 g/mol. The number of benzene rings is 1. The van der Waals surface area contributed by atoms with E-state index in [-0.39, 0.29) is 17.2 Å². The van der Waals surface area contributed by atoms with Gasteiger partial charge in [-0.2, -0.15) is 18.2 Å². The molecule has 1 N–H and O–H groups in total. The van der Waals surface area contributed by atoms with Crippen molar-refractivity contribution in [3.8, 4) is 5.75 Å². The van der Waals surface area contributed by atoms with Crippen molar-refractivity contribution in [3.63, 3.8) is 0 Å². The maximum Gasteiger partial charge on any atom is 0.421 e. The largest absolute Gasteiger partial charge is 0.493 e.